The molecule has 5 nitrogen and oxygen atoms in total. The van der Waals surface area contributed by atoms with Crippen LogP contribution in [0.25, 0.3) is 0 Å². The molecule has 24 heavy (non-hydrogen) atoms. The third-order valence-electron chi connectivity index (χ3n) is 6.14. The van der Waals surface area contributed by atoms with Gasteiger partial charge in [-0.1, -0.05) is 19.3 Å². The van der Waals surface area contributed by atoms with Crippen molar-refractivity contribution >= 4 is 11.8 Å². The van der Waals surface area contributed by atoms with E-state index in [2.05, 4.69) is 10.2 Å². The molecule has 2 saturated heterocycles. The van der Waals surface area contributed by atoms with Crippen molar-refractivity contribution in [1.29, 1.82) is 0 Å². The number of carbonyl (C=O) groups is 2. The van der Waals surface area contributed by atoms with Crippen molar-refractivity contribution in [2.75, 3.05) is 26.2 Å². The highest BCUT2D eigenvalue weighted by atomic mass is 16.2. The zero-order valence-electron chi connectivity index (χ0n) is 15.1. The molecule has 2 aliphatic heterocycles. The summed E-state index contributed by atoms with van der Waals surface area (Å²) in [7, 11) is 0. The van der Waals surface area contributed by atoms with Gasteiger partial charge in [-0.2, -0.15) is 0 Å². The maximum absolute atomic E-state index is 12.6. The Morgan fingerprint density at radius 1 is 0.875 bits per heavy atom. The Morgan fingerprint density at radius 2 is 1.50 bits per heavy atom. The van der Waals surface area contributed by atoms with Crippen LogP contribution in [0.1, 0.15) is 64.7 Å². The van der Waals surface area contributed by atoms with Crippen molar-refractivity contribution in [3.8, 4) is 0 Å². The fourth-order valence-electron chi connectivity index (χ4n) is 4.59. The molecule has 5 heteroatoms. The highest BCUT2D eigenvalue weighted by molar-refractivity contribution is 5.88. The number of likely N-dealkylation sites (tertiary alicyclic amines) is 2. The number of carbonyl (C=O) groups excluding carboxylic acids is 2. The van der Waals surface area contributed by atoms with E-state index >= 15 is 0 Å². The number of hydrogen-bond acceptors (Lipinski definition) is 3. The minimum Gasteiger partial charge on any atom is -0.344 e. The number of hydrogen-bond donors (Lipinski definition) is 1. The molecule has 0 aromatic rings. The Hall–Kier alpha value is -1.10. The Bertz CT molecular complexity index is 434. The van der Waals surface area contributed by atoms with Gasteiger partial charge in [-0.05, 0) is 58.5 Å². The van der Waals surface area contributed by atoms with Crippen LogP contribution < -0.4 is 5.32 Å². The van der Waals surface area contributed by atoms with Gasteiger partial charge in [-0.25, -0.2) is 0 Å². The molecule has 3 aliphatic rings. The second-order valence-corrected chi connectivity index (χ2v) is 7.86. The van der Waals surface area contributed by atoms with Gasteiger partial charge in [0.1, 0.15) is 6.04 Å². The van der Waals surface area contributed by atoms with Gasteiger partial charge in [0, 0.05) is 25.0 Å². The summed E-state index contributed by atoms with van der Waals surface area (Å²) in [5, 5.41) is 2.97. The molecule has 3 rings (SSSR count). The second-order valence-electron chi connectivity index (χ2n) is 7.86. The molecule has 136 valence electrons. The van der Waals surface area contributed by atoms with Gasteiger partial charge in [0.05, 0.1) is 0 Å². The highest BCUT2D eigenvalue weighted by Crippen LogP contribution is 2.24. The molecule has 0 aromatic heterocycles. The van der Waals surface area contributed by atoms with Crippen molar-refractivity contribution in [3.05, 3.63) is 0 Å². The first kappa shape index (κ1) is 17.7. The van der Waals surface area contributed by atoms with Crippen LogP contribution in [0.15, 0.2) is 0 Å². The summed E-state index contributed by atoms with van der Waals surface area (Å²) in [5.41, 5.74) is 0. The average Bonchev–Trinajstić information content (AvgIpc) is 3.16. The van der Waals surface area contributed by atoms with Crippen LogP contribution in [0.4, 0.5) is 0 Å². The fourth-order valence-corrected chi connectivity index (χ4v) is 4.59. The van der Waals surface area contributed by atoms with Gasteiger partial charge >= 0.3 is 0 Å². The summed E-state index contributed by atoms with van der Waals surface area (Å²) in [5.74, 6) is 0.302. The zero-order valence-corrected chi connectivity index (χ0v) is 15.1. The van der Waals surface area contributed by atoms with Crippen LogP contribution >= 0.6 is 0 Å². The van der Waals surface area contributed by atoms with E-state index in [1.165, 1.54) is 32.4 Å². The van der Waals surface area contributed by atoms with Crippen LogP contribution in [-0.2, 0) is 9.59 Å². The Labute approximate surface area is 146 Å². The van der Waals surface area contributed by atoms with Crippen molar-refractivity contribution in [2.24, 2.45) is 5.92 Å². The standard InChI is InChI=1S/C19H33N3O2/c1-15(20-18(23)16-7-3-2-4-8-16)19(24)22-13-9-17(10-14-22)21-11-5-6-12-21/h15-17H,2-14H2,1H3,(H,20,23)/t15-/m1/s1. The van der Waals surface area contributed by atoms with Gasteiger partial charge in [-0.15, -0.1) is 0 Å². The smallest absolute Gasteiger partial charge is 0.244 e. The van der Waals surface area contributed by atoms with E-state index in [4.69, 9.17) is 0 Å². The number of nitrogens with zero attached hydrogens (tertiary/aromatic N) is 2. The maximum Gasteiger partial charge on any atom is 0.244 e. The minimum absolute atomic E-state index is 0.0857. The molecule has 0 unspecified atom stereocenters. The van der Waals surface area contributed by atoms with Crippen molar-refractivity contribution in [2.45, 2.75) is 76.8 Å². The van der Waals surface area contributed by atoms with Gasteiger partial charge in [0.25, 0.3) is 0 Å². The predicted octanol–water partition coefficient (Wildman–Crippen LogP) is 2.16. The lowest BCUT2D eigenvalue weighted by Crippen LogP contribution is -2.52. The number of rotatable bonds is 4. The van der Waals surface area contributed by atoms with Crippen LogP contribution in [0, 0.1) is 5.92 Å². The number of amides is 2. The van der Waals surface area contributed by atoms with Crippen LogP contribution in [0.5, 0.6) is 0 Å². The summed E-state index contributed by atoms with van der Waals surface area (Å²) in [4.78, 5) is 29.5. The first-order valence-electron chi connectivity index (χ1n) is 9.98. The van der Waals surface area contributed by atoms with E-state index in [0.717, 1.165) is 51.6 Å². The normalized spacial score (nSPS) is 25.6. The van der Waals surface area contributed by atoms with Crippen molar-refractivity contribution < 1.29 is 9.59 Å². The lowest BCUT2D eigenvalue weighted by atomic mass is 9.88. The van der Waals surface area contributed by atoms with Gasteiger partial charge < -0.3 is 15.1 Å². The summed E-state index contributed by atoms with van der Waals surface area (Å²) in [6, 6.07) is 0.270. The summed E-state index contributed by atoms with van der Waals surface area (Å²) in [6.07, 6.45) is 10.3. The lowest BCUT2D eigenvalue weighted by Gasteiger charge is -2.37. The van der Waals surface area contributed by atoms with Crippen LogP contribution in [0.3, 0.4) is 0 Å². The predicted molar refractivity (Wildman–Crippen MR) is 94.6 cm³/mol. The molecule has 1 atom stereocenters. The molecular weight excluding hydrogens is 302 g/mol. The molecule has 3 fully saturated rings. The molecule has 2 heterocycles. The largest absolute Gasteiger partial charge is 0.344 e. The Kier molecular flexibility index (Phi) is 6.14. The molecule has 0 radical (unpaired) electrons. The van der Waals surface area contributed by atoms with Gasteiger partial charge in [0.2, 0.25) is 11.8 Å². The van der Waals surface area contributed by atoms with Crippen molar-refractivity contribution in [1.82, 2.24) is 15.1 Å². The molecule has 0 bridgehead atoms. The maximum atomic E-state index is 12.6. The second kappa shape index (κ2) is 8.32. The van der Waals surface area contributed by atoms with E-state index in [9.17, 15) is 9.59 Å². The third-order valence-corrected chi connectivity index (χ3v) is 6.14. The summed E-state index contributed by atoms with van der Waals surface area (Å²) in [6.45, 7) is 5.97. The zero-order chi connectivity index (χ0) is 16.9. The molecule has 0 aromatic carbocycles. The van der Waals surface area contributed by atoms with Crippen LogP contribution in [0.2, 0.25) is 0 Å². The number of nitrogens with one attached hydrogen (secondary N) is 1. The van der Waals surface area contributed by atoms with Gasteiger partial charge in [0.15, 0.2) is 0 Å². The molecule has 1 saturated carbocycles. The topological polar surface area (TPSA) is 52.7 Å². The molecule has 1 aliphatic carbocycles. The van der Waals surface area contributed by atoms with E-state index in [-0.39, 0.29) is 23.8 Å². The van der Waals surface area contributed by atoms with Crippen LogP contribution in [-0.4, -0.2) is 59.9 Å². The van der Waals surface area contributed by atoms with E-state index in [1.54, 1.807) is 0 Å². The molecular formula is C19H33N3O2. The van der Waals surface area contributed by atoms with E-state index < -0.39 is 0 Å². The monoisotopic (exact) mass is 335 g/mol. The third kappa shape index (κ3) is 4.29. The minimum atomic E-state index is -0.386. The average molecular weight is 335 g/mol. The van der Waals surface area contributed by atoms with E-state index in [1.807, 2.05) is 11.8 Å². The van der Waals surface area contributed by atoms with Crippen molar-refractivity contribution in [3.63, 3.8) is 0 Å². The lowest BCUT2D eigenvalue weighted by molar-refractivity contribution is -0.138. The highest BCUT2D eigenvalue weighted by Gasteiger charge is 2.31. The first-order valence-corrected chi connectivity index (χ1v) is 9.98. The summed E-state index contributed by atoms with van der Waals surface area (Å²) < 4.78 is 0. The Morgan fingerprint density at radius 3 is 2.12 bits per heavy atom. The van der Waals surface area contributed by atoms with E-state index in [0.29, 0.717) is 6.04 Å². The van der Waals surface area contributed by atoms with Gasteiger partial charge in [-0.3, -0.25) is 9.59 Å². The molecule has 1 N–H and O–H groups in total. The Balaban J connectivity index is 1.43. The SMILES string of the molecule is C[C@@H](NC(=O)C1CCCCC1)C(=O)N1CCC(N2CCCC2)CC1. The first-order chi connectivity index (χ1) is 11.6. The summed E-state index contributed by atoms with van der Waals surface area (Å²) >= 11 is 0. The fraction of sp³-hybridized carbons (Fsp3) is 0.895. The molecule has 0 spiro atoms. The quantitative estimate of drug-likeness (QED) is 0.856. The number of piperidine rings is 1. The molecule has 2 amide bonds.